The molecule has 0 bridgehead atoms. The quantitative estimate of drug-likeness (QED) is 0.683. The number of halogens is 1. The van der Waals surface area contributed by atoms with E-state index in [9.17, 15) is 18.8 Å². The number of benzene rings is 1. The van der Waals surface area contributed by atoms with E-state index < -0.39 is 42.4 Å². The van der Waals surface area contributed by atoms with Crippen molar-refractivity contribution in [1.82, 2.24) is 10.3 Å². The maximum absolute atomic E-state index is 13.1. The molecule has 1 aliphatic rings. The second-order valence-electron chi connectivity index (χ2n) is 7.45. The molecule has 2 heterocycles. The minimum Gasteiger partial charge on any atom is -0.481 e. The van der Waals surface area contributed by atoms with Gasteiger partial charge in [0.2, 0.25) is 5.60 Å². The number of rotatable bonds is 8. The Morgan fingerprint density at radius 3 is 2.67 bits per heavy atom. The summed E-state index contributed by atoms with van der Waals surface area (Å²) in [6.45, 7) is 2.12. The van der Waals surface area contributed by atoms with Gasteiger partial charge in [-0.15, -0.1) is 0 Å². The van der Waals surface area contributed by atoms with Crippen molar-refractivity contribution in [1.29, 1.82) is 0 Å². The predicted molar refractivity (Wildman–Crippen MR) is 107 cm³/mol. The Morgan fingerprint density at radius 2 is 2.00 bits per heavy atom. The van der Waals surface area contributed by atoms with Crippen LogP contribution in [0, 0.1) is 5.92 Å². The molecule has 0 radical (unpaired) electrons. The molecule has 3 rings (SSSR count). The number of hydrogen-bond donors (Lipinski definition) is 2. The molecule has 158 valence electrons. The van der Waals surface area contributed by atoms with Crippen LogP contribution < -0.4 is 5.32 Å². The lowest BCUT2D eigenvalue weighted by atomic mass is 9.83. The zero-order chi connectivity index (χ0) is 21.9. The standard InChI is InChI=1S/C21H22FN3O5/c1-12(2)21(20(29)24-15(9-18(27)28)17(26)11-22)10-16(25-30-21)19-14-6-4-3-5-13(14)7-8-23-19/h3-8,12,15H,9-11H2,1-2H3,(H,24,29)(H,27,28)/t15-,21+/m1/s1. The molecule has 0 aliphatic carbocycles. The molecule has 1 aromatic heterocycles. The van der Waals surface area contributed by atoms with Crippen molar-refractivity contribution >= 4 is 34.1 Å². The van der Waals surface area contributed by atoms with Gasteiger partial charge in [0.05, 0.1) is 12.1 Å². The largest absolute Gasteiger partial charge is 0.481 e. The summed E-state index contributed by atoms with van der Waals surface area (Å²) < 4.78 is 12.8. The van der Waals surface area contributed by atoms with E-state index in [1.807, 2.05) is 30.3 Å². The lowest BCUT2D eigenvalue weighted by Crippen LogP contribution is -2.55. The Morgan fingerprint density at radius 1 is 1.27 bits per heavy atom. The molecule has 9 heteroatoms. The third-order valence-corrected chi connectivity index (χ3v) is 5.22. The topological polar surface area (TPSA) is 118 Å². The molecule has 0 fully saturated rings. The molecule has 30 heavy (non-hydrogen) atoms. The van der Waals surface area contributed by atoms with Crippen molar-refractivity contribution in [2.75, 3.05) is 6.67 Å². The van der Waals surface area contributed by atoms with Crippen LogP contribution in [-0.4, -0.2) is 51.8 Å². The van der Waals surface area contributed by atoms with Crippen molar-refractivity contribution in [3.05, 3.63) is 42.2 Å². The van der Waals surface area contributed by atoms with E-state index in [0.29, 0.717) is 11.4 Å². The van der Waals surface area contributed by atoms with Crippen LogP contribution in [0.2, 0.25) is 0 Å². The van der Waals surface area contributed by atoms with Crippen LogP contribution in [0.25, 0.3) is 10.8 Å². The van der Waals surface area contributed by atoms with Gasteiger partial charge in [-0.2, -0.15) is 0 Å². The first kappa shape index (κ1) is 21.4. The first-order valence-electron chi connectivity index (χ1n) is 9.49. The van der Waals surface area contributed by atoms with Crippen LogP contribution in [0.3, 0.4) is 0 Å². The number of aliphatic carboxylic acids is 1. The van der Waals surface area contributed by atoms with Crippen molar-refractivity contribution in [3.63, 3.8) is 0 Å². The number of nitrogens with zero attached hydrogens (tertiary/aromatic N) is 2. The summed E-state index contributed by atoms with van der Waals surface area (Å²) in [5.41, 5.74) is -0.436. The van der Waals surface area contributed by atoms with E-state index in [4.69, 9.17) is 9.94 Å². The number of carbonyl (C=O) groups is 3. The summed E-state index contributed by atoms with van der Waals surface area (Å²) in [6.07, 6.45) is 0.987. The summed E-state index contributed by atoms with van der Waals surface area (Å²) in [6, 6.07) is 7.95. The van der Waals surface area contributed by atoms with Gasteiger partial charge in [-0.05, 0) is 11.5 Å². The number of carboxylic acids is 1. The van der Waals surface area contributed by atoms with E-state index in [-0.39, 0.29) is 12.3 Å². The molecule has 1 amide bonds. The number of nitrogens with one attached hydrogen (secondary N) is 1. The fraction of sp³-hybridized carbons (Fsp3) is 0.381. The number of carbonyl (C=O) groups excluding carboxylic acids is 2. The summed E-state index contributed by atoms with van der Waals surface area (Å²) >= 11 is 0. The van der Waals surface area contributed by atoms with Crippen LogP contribution in [-0.2, 0) is 19.2 Å². The van der Waals surface area contributed by atoms with Crippen LogP contribution >= 0.6 is 0 Å². The SMILES string of the molecule is CC(C)[C@]1(C(=O)N[C@H](CC(=O)O)C(=O)CF)CC(c2nccc3ccccc23)=NO1. The van der Waals surface area contributed by atoms with E-state index >= 15 is 0 Å². The maximum atomic E-state index is 13.1. The van der Waals surface area contributed by atoms with Crippen LogP contribution in [0.1, 0.15) is 32.4 Å². The average Bonchev–Trinajstić information content (AvgIpc) is 3.18. The van der Waals surface area contributed by atoms with Crippen molar-refractivity contribution in [3.8, 4) is 0 Å². The molecular formula is C21H22FN3O5. The minimum atomic E-state index is -1.49. The van der Waals surface area contributed by atoms with Crippen LogP contribution in [0.4, 0.5) is 4.39 Å². The summed E-state index contributed by atoms with van der Waals surface area (Å²) in [4.78, 5) is 45.8. The summed E-state index contributed by atoms with van der Waals surface area (Å²) in [5, 5.41) is 17.2. The van der Waals surface area contributed by atoms with E-state index in [1.54, 1.807) is 20.0 Å². The molecule has 0 spiro atoms. The molecule has 0 saturated heterocycles. The number of alkyl halides is 1. The Kier molecular flexibility index (Phi) is 6.09. The average molecular weight is 415 g/mol. The molecule has 8 nitrogen and oxygen atoms in total. The molecule has 0 unspecified atom stereocenters. The summed E-state index contributed by atoms with van der Waals surface area (Å²) in [5.74, 6) is -3.44. The van der Waals surface area contributed by atoms with Crippen molar-refractivity contribution in [2.45, 2.75) is 38.3 Å². The highest BCUT2D eigenvalue weighted by Crippen LogP contribution is 2.35. The number of carboxylic acid groups (broad SMARTS) is 1. The Bertz CT molecular complexity index is 1020. The van der Waals surface area contributed by atoms with Gasteiger partial charge in [0.15, 0.2) is 5.78 Å². The first-order chi connectivity index (χ1) is 14.3. The lowest BCUT2D eigenvalue weighted by molar-refractivity contribution is -0.152. The molecule has 2 atom stereocenters. The maximum Gasteiger partial charge on any atom is 0.305 e. The highest BCUT2D eigenvalue weighted by atomic mass is 19.1. The van der Waals surface area contributed by atoms with Gasteiger partial charge in [-0.3, -0.25) is 19.4 Å². The number of pyridine rings is 1. The van der Waals surface area contributed by atoms with Gasteiger partial charge in [-0.25, -0.2) is 4.39 Å². The number of amides is 1. The van der Waals surface area contributed by atoms with Gasteiger partial charge in [0.25, 0.3) is 5.91 Å². The molecule has 2 aromatic rings. The van der Waals surface area contributed by atoms with E-state index in [2.05, 4.69) is 15.5 Å². The zero-order valence-corrected chi connectivity index (χ0v) is 16.6. The first-order valence-corrected chi connectivity index (χ1v) is 9.49. The Balaban J connectivity index is 1.88. The van der Waals surface area contributed by atoms with E-state index in [0.717, 1.165) is 10.8 Å². The number of Topliss-reactive ketones (excluding diaryl/α,β-unsaturated/α-hetero) is 1. The van der Waals surface area contributed by atoms with Gasteiger partial charge in [0.1, 0.15) is 18.4 Å². The van der Waals surface area contributed by atoms with E-state index in [1.165, 1.54) is 0 Å². The third-order valence-electron chi connectivity index (χ3n) is 5.22. The van der Waals surface area contributed by atoms with Gasteiger partial charge in [-0.1, -0.05) is 43.3 Å². The second kappa shape index (κ2) is 8.56. The second-order valence-corrected chi connectivity index (χ2v) is 7.45. The Hall–Kier alpha value is -3.36. The van der Waals surface area contributed by atoms with Gasteiger partial charge >= 0.3 is 5.97 Å². The predicted octanol–water partition coefficient (Wildman–Crippen LogP) is 2.25. The van der Waals surface area contributed by atoms with Gasteiger partial charge < -0.3 is 15.3 Å². The number of oxime groups is 1. The molecule has 1 aromatic carbocycles. The Labute approximate surface area is 172 Å². The van der Waals surface area contributed by atoms with Crippen molar-refractivity contribution in [2.24, 2.45) is 11.1 Å². The number of hydrogen-bond acceptors (Lipinski definition) is 6. The number of aromatic nitrogens is 1. The number of fused-ring (bicyclic) bond motifs is 1. The highest BCUT2D eigenvalue weighted by Gasteiger charge is 2.50. The lowest BCUT2D eigenvalue weighted by Gasteiger charge is -2.30. The summed E-state index contributed by atoms with van der Waals surface area (Å²) in [7, 11) is 0. The minimum absolute atomic E-state index is 0.0706. The normalized spacial score (nSPS) is 19.3. The number of ketones is 1. The third kappa shape index (κ3) is 4.00. The fourth-order valence-corrected chi connectivity index (χ4v) is 3.41. The molecular weight excluding hydrogens is 393 g/mol. The molecule has 2 N–H and O–H groups in total. The monoisotopic (exact) mass is 415 g/mol. The van der Waals surface area contributed by atoms with Crippen LogP contribution in [0.5, 0.6) is 0 Å². The van der Waals surface area contributed by atoms with Crippen molar-refractivity contribution < 1.29 is 28.7 Å². The van der Waals surface area contributed by atoms with Gasteiger partial charge in [0, 0.05) is 23.9 Å². The highest BCUT2D eigenvalue weighted by molar-refractivity contribution is 6.12. The zero-order valence-electron chi connectivity index (χ0n) is 16.6. The molecule has 1 aliphatic heterocycles. The smallest absolute Gasteiger partial charge is 0.305 e. The van der Waals surface area contributed by atoms with Crippen LogP contribution in [0.15, 0.2) is 41.7 Å². The molecule has 0 saturated carbocycles. The fourth-order valence-electron chi connectivity index (χ4n) is 3.41.